The Balaban J connectivity index is 1.46. The van der Waals surface area contributed by atoms with Crippen LogP contribution in [-0.2, 0) is 11.3 Å². The molecule has 0 atom stereocenters. The summed E-state index contributed by atoms with van der Waals surface area (Å²) in [4.78, 5) is 14.9. The van der Waals surface area contributed by atoms with E-state index in [0.717, 1.165) is 35.5 Å². The number of aryl methyl sites for hydroxylation is 1. The highest BCUT2D eigenvalue weighted by molar-refractivity contribution is 5.93. The molecule has 28 heavy (non-hydrogen) atoms. The predicted octanol–water partition coefficient (Wildman–Crippen LogP) is 4.25. The molecule has 0 aromatic heterocycles. The second-order valence-corrected chi connectivity index (χ2v) is 7.54. The number of carbonyl (C=O) groups excluding carboxylic acids is 1. The molecule has 0 spiro atoms. The highest BCUT2D eigenvalue weighted by atomic mass is 19.1. The number of nitrogens with zero attached hydrogens (tertiary/aromatic N) is 1. The van der Waals surface area contributed by atoms with E-state index in [1.165, 1.54) is 25.0 Å². The molecule has 5 nitrogen and oxygen atoms in total. The van der Waals surface area contributed by atoms with E-state index in [-0.39, 0.29) is 25.1 Å². The number of amides is 1. The first-order valence-electron chi connectivity index (χ1n) is 9.77. The minimum atomic E-state index is -0.353. The Bertz CT molecular complexity index is 865. The van der Waals surface area contributed by atoms with Gasteiger partial charge in [-0.3, -0.25) is 9.69 Å². The molecule has 1 aliphatic heterocycles. The van der Waals surface area contributed by atoms with Gasteiger partial charge in [0.15, 0.2) is 11.5 Å². The molecular formula is C22H25FN2O3. The van der Waals surface area contributed by atoms with Crippen LogP contribution in [0.1, 0.15) is 36.8 Å². The molecule has 1 fully saturated rings. The Hall–Kier alpha value is -2.60. The Morgan fingerprint density at radius 2 is 1.93 bits per heavy atom. The molecule has 2 aliphatic rings. The first-order valence-corrected chi connectivity index (χ1v) is 9.77. The molecule has 148 valence electrons. The fourth-order valence-electron chi connectivity index (χ4n) is 3.96. The van der Waals surface area contributed by atoms with E-state index in [1.54, 1.807) is 6.07 Å². The van der Waals surface area contributed by atoms with Gasteiger partial charge in [-0.1, -0.05) is 25.0 Å². The highest BCUT2D eigenvalue weighted by Gasteiger charge is 2.25. The van der Waals surface area contributed by atoms with Crippen molar-refractivity contribution in [2.75, 3.05) is 18.7 Å². The lowest BCUT2D eigenvalue weighted by molar-refractivity contribution is -0.118. The van der Waals surface area contributed by atoms with Gasteiger partial charge in [0.2, 0.25) is 12.7 Å². The van der Waals surface area contributed by atoms with Gasteiger partial charge in [-0.2, -0.15) is 0 Å². The molecule has 4 rings (SSSR count). The number of anilines is 1. The van der Waals surface area contributed by atoms with Crippen LogP contribution in [0.25, 0.3) is 0 Å². The molecule has 0 saturated heterocycles. The van der Waals surface area contributed by atoms with Gasteiger partial charge in [0.25, 0.3) is 0 Å². The zero-order valence-corrected chi connectivity index (χ0v) is 16.0. The van der Waals surface area contributed by atoms with E-state index in [0.29, 0.717) is 18.3 Å². The van der Waals surface area contributed by atoms with E-state index >= 15 is 0 Å². The van der Waals surface area contributed by atoms with Gasteiger partial charge < -0.3 is 14.8 Å². The van der Waals surface area contributed by atoms with Gasteiger partial charge in [-0.05, 0) is 55.2 Å². The molecule has 1 amide bonds. The number of hydrogen-bond donors (Lipinski definition) is 1. The van der Waals surface area contributed by atoms with Crippen molar-refractivity contribution in [1.29, 1.82) is 0 Å². The lowest BCUT2D eigenvalue weighted by Gasteiger charge is -2.28. The van der Waals surface area contributed by atoms with Gasteiger partial charge in [-0.15, -0.1) is 0 Å². The van der Waals surface area contributed by atoms with E-state index in [9.17, 15) is 9.18 Å². The fraction of sp³-hybridized carbons (Fsp3) is 0.409. The number of rotatable bonds is 6. The van der Waals surface area contributed by atoms with Gasteiger partial charge >= 0.3 is 0 Å². The van der Waals surface area contributed by atoms with Crippen LogP contribution in [0.2, 0.25) is 0 Å². The second kappa shape index (κ2) is 8.19. The Morgan fingerprint density at radius 1 is 1.14 bits per heavy atom. The normalized spacial score (nSPS) is 16.0. The van der Waals surface area contributed by atoms with Gasteiger partial charge in [-0.25, -0.2) is 4.39 Å². The summed E-state index contributed by atoms with van der Waals surface area (Å²) in [6.07, 6.45) is 4.56. The average Bonchev–Trinajstić information content (AvgIpc) is 3.35. The first kappa shape index (κ1) is 18.7. The van der Waals surface area contributed by atoms with Crippen molar-refractivity contribution in [3.8, 4) is 11.5 Å². The Morgan fingerprint density at radius 3 is 2.75 bits per heavy atom. The fourth-order valence-corrected chi connectivity index (χ4v) is 3.96. The summed E-state index contributed by atoms with van der Waals surface area (Å²) in [6, 6.07) is 10.7. The highest BCUT2D eigenvalue weighted by Crippen LogP contribution is 2.33. The third kappa shape index (κ3) is 4.28. The zero-order valence-electron chi connectivity index (χ0n) is 16.0. The maximum absolute atomic E-state index is 13.5. The number of hydrogen-bond acceptors (Lipinski definition) is 4. The predicted molar refractivity (Wildman–Crippen MR) is 105 cm³/mol. The molecule has 1 aliphatic carbocycles. The molecule has 2 aromatic carbocycles. The van der Waals surface area contributed by atoms with Crippen molar-refractivity contribution in [1.82, 2.24) is 4.90 Å². The molecule has 1 N–H and O–H groups in total. The third-order valence-electron chi connectivity index (χ3n) is 5.48. The topological polar surface area (TPSA) is 50.8 Å². The summed E-state index contributed by atoms with van der Waals surface area (Å²) < 4.78 is 24.4. The monoisotopic (exact) mass is 384 g/mol. The minimum Gasteiger partial charge on any atom is -0.454 e. The van der Waals surface area contributed by atoms with Crippen molar-refractivity contribution in [2.45, 2.75) is 45.2 Å². The maximum atomic E-state index is 13.5. The summed E-state index contributed by atoms with van der Waals surface area (Å²) in [7, 11) is 0. The van der Waals surface area contributed by atoms with Crippen molar-refractivity contribution in [2.24, 2.45) is 0 Å². The number of benzene rings is 2. The third-order valence-corrected chi connectivity index (χ3v) is 5.48. The second-order valence-electron chi connectivity index (χ2n) is 7.54. The molecule has 6 heteroatoms. The van der Waals surface area contributed by atoms with E-state index in [4.69, 9.17) is 9.47 Å². The average molecular weight is 384 g/mol. The molecule has 0 radical (unpaired) electrons. The molecule has 1 heterocycles. The lowest BCUT2D eigenvalue weighted by atomic mass is 10.1. The van der Waals surface area contributed by atoms with E-state index < -0.39 is 0 Å². The Kier molecular flexibility index (Phi) is 5.48. The summed E-state index contributed by atoms with van der Waals surface area (Å²) >= 11 is 0. The largest absolute Gasteiger partial charge is 0.454 e. The van der Waals surface area contributed by atoms with Crippen LogP contribution in [0.3, 0.4) is 0 Å². The molecular weight excluding hydrogens is 359 g/mol. The quantitative estimate of drug-likeness (QED) is 0.809. The van der Waals surface area contributed by atoms with Crippen molar-refractivity contribution >= 4 is 11.6 Å². The van der Waals surface area contributed by atoms with E-state index in [1.807, 2.05) is 25.1 Å². The lowest BCUT2D eigenvalue weighted by Crippen LogP contribution is -2.39. The summed E-state index contributed by atoms with van der Waals surface area (Å²) in [5, 5.41) is 2.87. The van der Waals surface area contributed by atoms with Crippen LogP contribution in [0.15, 0.2) is 36.4 Å². The van der Waals surface area contributed by atoms with Crippen LogP contribution in [0.5, 0.6) is 11.5 Å². The van der Waals surface area contributed by atoms with Crippen LogP contribution in [0, 0.1) is 12.7 Å². The standard InChI is InChI=1S/C22H25FN2O3/c1-15-6-8-17(23)11-19(15)24-22(26)13-25(18-4-2-3-5-18)12-16-7-9-20-21(10-16)28-14-27-20/h6-11,18H,2-5,12-14H2,1H3,(H,24,26). The molecule has 0 bridgehead atoms. The Labute approximate surface area is 164 Å². The summed E-state index contributed by atoms with van der Waals surface area (Å²) in [5.41, 5.74) is 2.46. The van der Waals surface area contributed by atoms with Crippen molar-refractivity contribution < 1.29 is 18.7 Å². The zero-order chi connectivity index (χ0) is 19.5. The molecule has 0 unspecified atom stereocenters. The first-order chi connectivity index (χ1) is 13.6. The SMILES string of the molecule is Cc1ccc(F)cc1NC(=O)CN(Cc1ccc2c(c1)OCO2)C1CCCC1. The summed E-state index contributed by atoms with van der Waals surface area (Å²) in [5.74, 6) is 1.04. The van der Waals surface area contributed by atoms with Crippen molar-refractivity contribution in [3.63, 3.8) is 0 Å². The van der Waals surface area contributed by atoms with E-state index in [2.05, 4.69) is 10.2 Å². The van der Waals surface area contributed by atoms with Crippen LogP contribution in [0.4, 0.5) is 10.1 Å². The maximum Gasteiger partial charge on any atom is 0.238 e. The van der Waals surface area contributed by atoms with Gasteiger partial charge in [0.1, 0.15) is 5.82 Å². The number of ether oxygens (including phenoxy) is 2. The van der Waals surface area contributed by atoms with Gasteiger partial charge in [0.05, 0.1) is 6.54 Å². The van der Waals surface area contributed by atoms with Crippen LogP contribution < -0.4 is 14.8 Å². The number of nitrogens with one attached hydrogen (secondary N) is 1. The van der Waals surface area contributed by atoms with Crippen LogP contribution >= 0.6 is 0 Å². The molecule has 2 aromatic rings. The smallest absolute Gasteiger partial charge is 0.238 e. The number of fused-ring (bicyclic) bond motifs is 1. The van der Waals surface area contributed by atoms with Crippen molar-refractivity contribution in [3.05, 3.63) is 53.3 Å². The number of carbonyl (C=O) groups is 1. The minimum absolute atomic E-state index is 0.124. The molecule has 1 saturated carbocycles. The number of halogens is 1. The van der Waals surface area contributed by atoms with Crippen LogP contribution in [-0.4, -0.2) is 30.2 Å². The van der Waals surface area contributed by atoms with Gasteiger partial charge in [0, 0.05) is 18.3 Å². The summed E-state index contributed by atoms with van der Waals surface area (Å²) in [6.45, 7) is 3.04.